The van der Waals surface area contributed by atoms with E-state index in [1.807, 2.05) is 30.3 Å². The molecule has 1 unspecified atom stereocenters. The van der Waals surface area contributed by atoms with E-state index in [0.29, 0.717) is 16.6 Å². The molecule has 2 aromatic heterocycles. The van der Waals surface area contributed by atoms with Gasteiger partial charge in [-0.05, 0) is 6.42 Å². The standard InChI is InChI=1S/C15H15N3OS2/c1-2-3-9-21(19)15-16-10-12-13(18-15)17-14(20-12)11-7-5-4-6-8-11/h4-8,10H,2-3,9H2,1H3. The molecule has 0 aliphatic rings. The van der Waals surface area contributed by atoms with E-state index in [0.717, 1.165) is 28.1 Å². The fourth-order valence-electron chi connectivity index (χ4n) is 1.90. The summed E-state index contributed by atoms with van der Waals surface area (Å²) in [5, 5.41) is 1.30. The number of fused-ring (bicyclic) bond motifs is 1. The van der Waals surface area contributed by atoms with E-state index in [9.17, 15) is 4.55 Å². The second-order valence-electron chi connectivity index (χ2n) is 4.63. The van der Waals surface area contributed by atoms with Gasteiger partial charge in [-0.1, -0.05) is 43.7 Å². The average Bonchev–Trinajstić information content (AvgIpc) is 2.96. The third-order valence-electron chi connectivity index (χ3n) is 3.04. The van der Waals surface area contributed by atoms with E-state index in [4.69, 9.17) is 0 Å². The SMILES string of the molecule is CCCC[S+]([O-])c1ncc2sc(-c3ccccc3)nc2n1. The fraction of sp³-hybridized carbons (Fsp3) is 0.267. The summed E-state index contributed by atoms with van der Waals surface area (Å²) in [5.41, 5.74) is 1.70. The van der Waals surface area contributed by atoms with E-state index in [2.05, 4.69) is 21.9 Å². The molecule has 3 rings (SSSR count). The lowest BCUT2D eigenvalue weighted by atomic mass is 10.2. The summed E-state index contributed by atoms with van der Waals surface area (Å²) in [6, 6.07) is 9.99. The summed E-state index contributed by atoms with van der Waals surface area (Å²) >= 11 is 0.421. The van der Waals surface area contributed by atoms with Gasteiger partial charge in [-0.25, -0.2) is 4.98 Å². The predicted octanol–water partition coefficient (Wildman–Crippen LogP) is 3.66. The van der Waals surface area contributed by atoms with Gasteiger partial charge in [-0.3, -0.25) is 0 Å². The maximum absolute atomic E-state index is 12.1. The molecule has 0 amide bonds. The summed E-state index contributed by atoms with van der Waals surface area (Å²) in [6.45, 7) is 2.08. The summed E-state index contributed by atoms with van der Waals surface area (Å²) in [4.78, 5) is 13.1. The van der Waals surface area contributed by atoms with Crippen molar-refractivity contribution in [1.82, 2.24) is 15.0 Å². The third kappa shape index (κ3) is 3.23. The quantitative estimate of drug-likeness (QED) is 0.532. The Balaban J connectivity index is 1.92. The highest BCUT2D eigenvalue weighted by Gasteiger charge is 2.16. The summed E-state index contributed by atoms with van der Waals surface area (Å²) in [6.07, 6.45) is 3.66. The molecule has 21 heavy (non-hydrogen) atoms. The van der Waals surface area contributed by atoms with Crippen molar-refractivity contribution in [3.8, 4) is 10.6 Å². The van der Waals surface area contributed by atoms with E-state index in [1.54, 1.807) is 17.5 Å². The first-order valence-corrected chi connectivity index (χ1v) is 8.99. The molecule has 0 N–H and O–H groups in total. The molecule has 2 heterocycles. The van der Waals surface area contributed by atoms with Crippen LogP contribution in [0.1, 0.15) is 19.8 Å². The van der Waals surface area contributed by atoms with Crippen LogP contribution in [0, 0.1) is 0 Å². The first-order chi connectivity index (χ1) is 10.3. The normalized spacial score (nSPS) is 12.7. The van der Waals surface area contributed by atoms with Crippen molar-refractivity contribution in [2.75, 3.05) is 5.75 Å². The van der Waals surface area contributed by atoms with Crippen molar-refractivity contribution in [3.05, 3.63) is 36.5 Å². The monoisotopic (exact) mass is 317 g/mol. The van der Waals surface area contributed by atoms with Crippen LogP contribution in [0.2, 0.25) is 0 Å². The summed E-state index contributed by atoms with van der Waals surface area (Å²) in [5.74, 6) is 0.609. The van der Waals surface area contributed by atoms with Crippen LogP contribution in [0.25, 0.3) is 20.9 Å². The van der Waals surface area contributed by atoms with Crippen molar-refractivity contribution in [2.45, 2.75) is 24.9 Å². The Hall–Kier alpha value is -1.50. The highest BCUT2D eigenvalue weighted by atomic mass is 32.2. The van der Waals surface area contributed by atoms with Gasteiger partial charge in [0.25, 0.3) is 0 Å². The van der Waals surface area contributed by atoms with Crippen molar-refractivity contribution in [1.29, 1.82) is 0 Å². The van der Waals surface area contributed by atoms with Crippen LogP contribution in [0.3, 0.4) is 0 Å². The Labute approximate surface area is 130 Å². The fourth-order valence-corrected chi connectivity index (χ4v) is 3.88. The highest BCUT2D eigenvalue weighted by molar-refractivity contribution is 7.91. The number of rotatable bonds is 5. The molecule has 0 spiro atoms. The summed E-state index contributed by atoms with van der Waals surface area (Å²) in [7, 11) is 0. The average molecular weight is 317 g/mol. The number of nitrogens with zero attached hydrogens (tertiary/aromatic N) is 3. The minimum atomic E-state index is -1.13. The lowest BCUT2D eigenvalue weighted by Gasteiger charge is -2.06. The zero-order chi connectivity index (χ0) is 14.7. The third-order valence-corrected chi connectivity index (χ3v) is 5.33. The van der Waals surface area contributed by atoms with Crippen LogP contribution < -0.4 is 0 Å². The van der Waals surface area contributed by atoms with Crippen LogP contribution in [0.5, 0.6) is 0 Å². The Morgan fingerprint density at radius 2 is 2.00 bits per heavy atom. The molecule has 0 aliphatic carbocycles. The number of aromatic nitrogens is 3. The van der Waals surface area contributed by atoms with Crippen LogP contribution >= 0.6 is 11.3 Å². The number of thiazole rings is 1. The van der Waals surface area contributed by atoms with Crippen LogP contribution in [-0.4, -0.2) is 25.3 Å². The van der Waals surface area contributed by atoms with Gasteiger partial charge in [0.05, 0.1) is 10.9 Å². The first-order valence-electron chi connectivity index (χ1n) is 6.85. The van der Waals surface area contributed by atoms with Gasteiger partial charge >= 0.3 is 5.16 Å². The minimum absolute atomic E-state index is 0.390. The van der Waals surface area contributed by atoms with E-state index >= 15 is 0 Å². The van der Waals surface area contributed by atoms with Crippen LogP contribution in [-0.2, 0) is 11.2 Å². The van der Waals surface area contributed by atoms with Crippen LogP contribution in [0.4, 0.5) is 0 Å². The number of hydrogen-bond acceptors (Lipinski definition) is 5. The molecule has 108 valence electrons. The molecule has 3 aromatic rings. The molecule has 6 heteroatoms. The largest absolute Gasteiger partial charge is 0.609 e. The van der Waals surface area contributed by atoms with Crippen molar-refractivity contribution < 1.29 is 4.55 Å². The summed E-state index contributed by atoms with van der Waals surface area (Å²) < 4.78 is 13.0. The predicted molar refractivity (Wildman–Crippen MR) is 86.8 cm³/mol. The van der Waals surface area contributed by atoms with Gasteiger partial charge in [0, 0.05) is 16.7 Å². The topological polar surface area (TPSA) is 61.7 Å². The molecule has 1 atom stereocenters. The molecule has 0 aliphatic heterocycles. The number of hydrogen-bond donors (Lipinski definition) is 0. The molecular formula is C15H15N3OS2. The van der Waals surface area contributed by atoms with Gasteiger partial charge in [0.15, 0.2) is 5.65 Å². The zero-order valence-corrected chi connectivity index (χ0v) is 13.3. The Kier molecular flexibility index (Phi) is 4.48. The van der Waals surface area contributed by atoms with Gasteiger partial charge < -0.3 is 4.55 Å². The molecule has 0 saturated heterocycles. The second kappa shape index (κ2) is 6.51. The van der Waals surface area contributed by atoms with Crippen LogP contribution in [0.15, 0.2) is 41.7 Å². The van der Waals surface area contributed by atoms with Gasteiger partial charge in [-0.2, -0.15) is 9.97 Å². The first kappa shape index (κ1) is 14.4. The van der Waals surface area contributed by atoms with Gasteiger partial charge in [-0.15, -0.1) is 11.3 Å². The highest BCUT2D eigenvalue weighted by Crippen LogP contribution is 2.29. The molecular weight excluding hydrogens is 302 g/mol. The number of benzene rings is 1. The molecule has 0 saturated carbocycles. The van der Waals surface area contributed by atoms with E-state index in [1.165, 1.54) is 0 Å². The molecule has 4 nitrogen and oxygen atoms in total. The van der Waals surface area contributed by atoms with Crippen molar-refractivity contribution >= 4 is 32.9 Å². The Bertz CT molecular complexity index is 730. The van der Waals surface area contributed by atoms with E-state index in [-0.39, 0.29) is 0 Å². The second-order valence-corrected chi connectivity index (χ2v) is 7.12. The van der Waals surface area contributed by atoms with Gasteiger partial charge in [0.1, 0.15) is 10.8 Å². The molecule has 0 fully saturated rings. The minimum Gasteiger partial charge on any atom is -0.609 e. The molecule has 0 bridgehead atoms. The maximum Gasteiger partial charge on any atom is 0.344 e. The van der Waals surface area contributed by atoms with Crippen molar-refractivity contribution in [2.24, 2.45) is 0 Å². The molecule has 1 aromatic carbocycles. The van der Waals surface area contributed by atoms with E-state index < -0.39 is 11.2 Å². The lowest BCUT2D eigenvalue weighted by molar-refractivity contribution is 0.583. The maximum atomic E-state index is 12.1. The smallest absolute Gasteiger partial charge is 0.344 e. The Morgan fingerprint density at radius 1 is 1.19 bits per heavy atom. The van der Waals surface area contributed by atoms with Crippen molar-refractivity contribution in [3.63, 3.8) is 0 Å². The molecule has 0 radical (unpaired) electrons. The lowest BCUT2D eigenvalue weighted by Crippen LogP contribution is -2.10. The van der Waals surface area contributed by atoms with Gasteiger partial charge in [0.2, 0.25) is 0 Å². The Morgan fingerprint density at radius 3 is 2.76 bits per heavy atom. The number of unbranched alkanes of at least 4 members (excludes halogenated alkanes) is 1. The zero-order valence-electron chi connectivity index (χ0n) is 11.7.